The standard InChI is InChI=1S/C20H26N6O2.ClH/c1-12(14-3-5-17-15(11-14)4-6-18(27)23-17)22-20(28)19-13(2)26(25-24-19)16-7-9-21-10-8-16;/h3,5,11-12,16,21H,4,6-10H2,1-2H3,(H,22,28)(H,23,27);1H. The number of nitrogens with one attached hydrogen (secondary N) is 3. The molecule has 9 heteroatoms. The third kappa shape index (κ3) is 4.43. The normalized spacial score (nSPS) is 17.7. The maximum atomic E-state index is 12.8. The highest BCUT2D eigenvalue weighted by molar-refractivity contribution is 5.94. The van der Waals surface area contributed by atoms with Gasteiger partial charge in [0, 0.05) is 12.1 Å². The van der Waals surface area contributed by atoms with Crippen LogP contribution in [0.15, 0.2) is 18.2 Å². The van der Waals surface area contributed by atoms with Gasteiger partial charge >= 0.3 is 0 Å². The predicted molar refractivity (Wildman–Crippen MR) is 112 cm³/mol. The van der Waals surface area contributed by atoms with Crippen LogP contribution in [-0.4, -0.2) is 39.9 Å². The van der Waals surface area contributed by atoms with Crippen molar-refractivity contribution in [2.24, 2.45) is 0 Å². The molecule has 1 aromatic heterocycles. The quantitative estimate of drug-likeness (QED) is 0.707. The number of benzene rings is 1. The van der Waals surface area contributed by atoms with Crippen molar-refractivity contribution >= 4 is 29.9 Å². The molecule has 1 atom stereocenters. The Kier molecular flexibility index (Phi) is 6.54. The minimum absolute atomic E-state index is 0. The molecule has 0 saturated carbocycles. The van der Waals surface area contributed by atoms with E-state index < -0.39 is 0 Å². The number of aryl methyl sites for hydroxylation is 1. The van der Waals surface area contributed by atoms with Gasteiger partial charge < -0.3 is 16.0 Å². The molecule has 0 spiro atoms. The Balaban J connectivity index is 0.00000240. The Morgan fingerprint density at radius 2 is 2.03 bits per heavy atom. The van der Waals surface area contributed by atoms with Gasteiger partial charge in [0.05, 0.1) is 17.8 Å². The number of rotatable bonds is 4. The fourth-order valence-corrected chi connectivity index (χ4v) is 3.97. The molecule has 0 aliphatic carbocycles. The van der Waals surface area contributed by atoms with Gasteiger partial charge in [0.2, 0.25) is 5.91 Å². The molecule has 29 heavy (non-hydrogen) atoms. The van der Waals surface area contributed by atoms with Gasteiger partial charge in [-0.3, -0.25) is 9.59 Å². The molecule has 1 aromatic carbocycles. The minimum atomic E-state index is -0.212. The molecule has 0 radical (unpaired) electrons. The van der Waals surface area contributed by atoms with E-state index in [0.29, 0.717) is 18.2 Å². The van der Waals surface area contributed by atoms with Crippen molar-refractivity contribution in [3.8, 4) is 0 Å². The second-order valence-electron chi connectivity index (χ2n) is 7.61. The van der Waals surface area contributed by atoms with Crippen LogP contribution in [0.3, 0.4) is 0 Å². The Hall–Kier alpha value is -2.45. The van der Waals surface area contributed by atoms with Crippen molar-refractivity contribution in [1.29, 1.82) is 0 Å². The molecule has 1 unspecified atom stereocenters. The lowest BCUT2D eigenvalue weighted by atomic mass is 9.97. The molecule has 156 valence electrons. The number of hydrogen-bond donors (Lipinski definition) is 3. The van der Waals surface area contributed by atoms with Crippen molar-refractivity contribution in [2.75, 3.05) is 18.4 Å². The van der Waals surface area contributed by atoms with Gasteiger partial charge in [0.1, 0.15) is 0 Å². The summed E-state index contributed by atoms with van der Waals surface area (Å²) in [6.07, 6.45) is 3.20. The van der Waals surface area contributed by atoms with Crippen LogP contribution in [0, 0.1) is 6.92 Å². The third-order valence-corrected chi connectivity index (χ3v) is 5.67. The Morgan fingerprint density at radius 1 is 1.28 bits per heavy atom. The number of piperidine rings is 1. The van der Waals surface area contributed by atoms with Crippen LogP contribution >= 0.6 is 12.4 Å². The zero-order valence-corrected chi connectivity index (χ0v) is 17.5. The topological polar surface area (TPSA) is 101 Å². The smallest absolute Gasteiger partial charge is 0.274 e. The predicted octanol–water partition coefficient (Wildman–Crippen LogP) is 2.31. The highest BCUT2D eigenvalue weighted by Crippen LogP contribution is 2.26. The van der Waals surface area contributed by atoms with Crippen LogP contribution < -0.4 is 16.0 Å². The fraction of sp³-hybridized carbons (Fsp3) is 0.500. The molecule has 1 fully saturated rings. The average molecular weight is 419 g/mol. The summed E-state index contributed by atoms with van der Waals surface area (Å²) < 4.78 is 1.89. The van der Waals surface area contributed by atoms with E-state index in [1.54, 1.807) is 0 Å². The molecule has 4 rings (SSSR count). The Morgan fingerprint density at radius 3 is 2.79 bits per heavy atom. The highest BCUT2D eigenvalue weighted by Gasteiger charge is 2.24. The van der Waals surface area contributed by atoms with Gasteiger partial charge in [-0.1, -0.05) is 17.3 Å². The van der Waals surface area contributed by atoms with Crippen LogP contribution in [0.5, 0.6) is 0 Å². The summed E-state index contributed by atoms with van der Waals surface area (Å²) in [5, 5.41) is 17.6. The zero-order chi connectivity index (χ0) is 19.7. The summed E-state index contributed by atoms with van der Waals surface area (Å²) in [5.41, 5.74) is 4.16. The molecule has 3 N–H and O–H groups in total. The fourth-order valence-electron chi connectivity index (χ4n) is 3.97. The van der Waals surface area contributed by atoms with Crippen molar-refractivity contribution in [2.45, 2.75) is 51.6 Å². The average Bonchev–Trinajstić information content (AvgIpc) is 3.09. The number of carbonyl (C=O) groups is 2. The first kappa shape index (κ1) is 21.3. The molecule has 8 nitrogen and oxygen atoms in total. The molecule has 2 aliphatic heterocycles. The Bertz CT molecular complexity index is 906. The number of anilines is 1. The summed E-state index contributed by atoms with van der Waals surface area (Å²) in [6, 6.07) is 6.03. The lowest BCUT2D eigenvalue weighted by Gasteiger charge is -2.23. The number of amides is 2. The van der Waals surface area contributed by atoms with Crippen LogP contribution in [0.25, 0.3) is 0 Å². The van der Waals surface area contributed by atoms with Crippen LogP contribution in [0.2, 0.25) is 0 Å². The van der Waals surface area contributed by atoms with Crippen molar-refractivity contribution in [1.82, 2.24) is 25.6 Å². The largest absolute Gasteiger partial charge is 0.344 e. The van der Waals surface area contributed by atoms with Gasteiger partial charge in [0.25, 0.3) is 5.91 Å². The molecule has 2 aliphatic rings. The van der Waals surface area contributed by atoms with Gasteiger partial charge in [-0.15, -0.1) is 17.5 Å². The molecule has 0 bridgehead atoms. The number of hydrogen-bond acceptors (Lipinski definition) is 5. The van der Waals surface area contributed by atoms with Crippen LogP contribution in [0.4, 0.5) is 5.69 Å². The van der Waals surface area contributed by atoms with E-state index in [4.69, 9.17) is 0 Å². The first-order valence-electron chi connectivity index (χ1n) is 9.89. The second kappa shape index (κ2) is 8.92. The van der Waals surface area contributed by atoms with Gasteiger partial charge in [-0.05, 0) is 63.4 Å². The lowest BCUT2D eigenvalue weighted by molar-refractivity contribution is -0.116. The number of fused-ring (bicyclic) bond motifs is 1. The number of nitrogens with zero attached hydrogens (tertiary/aromatic N) is 3. The van der Waals surface area contributed by atoms with E-state index >= 15 is 0 Å². The molecule has 2 amide bonds. The second-order valence-corrected chi connectivity index (χ2v) is 7.61. The molecule has 1 saturated heterocycles. The first-order chi connectivity index (χ1) is 13.5. The van der Waals surface area contributed by atoms with Gasteiger partial charge in [-0.25, -0.2) is 4.68 Å². The van der Waals surface area contributed by atoms with Crippen LogP contribution in [0.1, 0.15) is 65.6 Å². The zero-order valence-electron chi connectivity index (χ0n) is 16.7. The summed E-state index contributed by atoms with van der Waals surface area (Å²) in [7, 11) is 0. The van der Waals surface area contributed by atoms with Crippen LogP contribution in [-0.2, 0) is 11.2 Å². The van der Waals surface area contributed by atoms with E-state index in [2.05, 4.69) is 32.3 Å². The van der Waals surface area contributed by atoms with Crippen molar-refractivity contribution in [3.63, 3.8) is 0 Å². The van der Waals surface area contributed by atoms with Gasteiger partial charge in [0.15, 0.2) is 5.69 Å². The van der Waals surface area contributed by atoms with E-state index in [0.717, 1.165) is 54.9 Å². The summed E-state index contributed by atoms with van der Waals surface area (Å²) >= 11 is 0. The van der Waals surface area contributed by atoms with E-state index in [-0.39, 0.29) is 30.3 Å². The summed E-state index contributed by atoms with van der Waals surface area (Å²) in [4.78, 5) is 24.3. The molecular weight excluding hydrogens is 392 g/mol. The number of aromatic nitrogens is 3. The van der Waals surface area contributed by atoms with Crippen molar-refractivity contribution in [3.05, 3.63) is 40.7 Å². The first-order valence-corrected chi connectivity index (χ1v) is 9.89. The summed E-state index contributed by atoms with van der Waals surface area (Å²) in [5.74, 6) is -0.162. The van der Waals surface area contributed by atoms with E-state index in [1.165, 1.54) is 0 Å². The van der Waals surface area contributed by atoms with E-state index in [9.17, 15) is 9.59 Å². The molecule has 3 heterocycles. The van der Waals surface area contributed by atoms with E-state index in [1.807, 2.05) is 30.7 Å². The maximum absolute atomic E-state index is 12.8. The number of halogens is 1. The molecule has 2 aromatic rings. The van der Waals surface area contributed by atoms with Gasteiger partial charge in [-0.2, -0.15) is 0 Å². The monoisotopic (exact) mass is 418 g/mol. The number of carbonyl (C=O) groups excluding carboxylic acids is 2. The van der Waals surface area contributed by atoms with Crippen molar-refractivity contribution < 1.29 is 9.59 Å². The lowest BCUT2D eigenvalue weighted by Crippen LogP contribution is -2.31. The highest BCUT2D eigenvalue weighted by atomic mass is 35.5. The minimum Gasteiger partial charge on any atom is -0.344 e. The third-order valence-electron chi connectivity index (χ3n) is 5.67. The SMILES string of the molecule is Cc1c(C(=O)NC(C)c2ccc3c(c2)CCC(=O)N3)nnn1C1CCNCC1.Cl. The molecular formula is C20H27ClN6O2. The maximum Gasteiger partial charge on any atom is 0.274 e. The Labute approximate surface area is 176 Å². The summed E-state index contributed by atoms with van der Waals surface area (Å²) in [6.45, 7) is 5.78.